The minimum Gasteiger partial charge on any atom is -0.334 e. The normalized spacial score (nSPS) is 10.2. The number of hydrogen-bond acceptors (Lipinski definition) is 2. The first-order chi connectivity index (χ1) is 9.35. The van der Waals surface area contributed by atoms with Gasteiger partial charge >= 0.3 is 0 Å². The number of aryl methyl sites for hydroxylation is 3. The maximum Gasteiger partial charge on any atom is 0.244 e. The predicted octanol–water partition coefficient (Wildman–Crippen LogP) is 2.81. The van der Waals surface area contributed by atoms with Gasteiger partial charge in [0.25, 0.3) is 0 Å². The van der Waals surface area contributed by atoms with Crippen molar-refractivity contribution in [1.29, 1.82) is 0 Å². The molecule has 0 aromatic heterocycles. The topological polar surface area (TPSA) is 49.4 Å². The first kappa shape index (κ1) is 16.2. The van der Waals surface area contributed by atoms with Gasteiger partial charge in [-0.1, -0.05) is 24.6 Å². The molecule has 110 valence electrons. The molecule has 0 radical (unpaired) electrons. The van der Waals surface area contributed by atoms with Crippen molar-refractivity contribution in [2.24, 2.45) is 0 Å². The van der Waals surface area contributed by atoms with Gasteiger partial charge in [0.05, 0.1) is 6.54 Å². The second-order valence-corrected chi connectivity index (χ2v) is 5.26. The third-order valence-corrected chi connectivity index (χ3v) is 3.21. The minimum absolute atomic E-state index is 0.0700. The average molecular weight is 276 g/mol. The Morgan fingerprint density at radius 3 is 2.15 bits per heavy atom. The third kappa shape index (κ3) is 4.37. The van der Waals surface area contributed by atoms with Gasteiger partial charge in [0, 0.05) is 19.2 Å². The van der Waals surface area contributed by atoms with Crippen LogP contribution in [0.3, 0.4) is 0 Å². The van der Waals surface area contributed by atoms with E-state index in [0.29, 0.717) is 6.54 Å². The van der Waals surface area contributed by atoms with E-state index in [-0.39, 0.29) is 18.4 Å². The summed E-state index contributed by atoms with van der Waals surface area (Å²) < 4.78 is 0. The lowest BCUT2D eigenvalue weighted by atomic mass is 10.1. The maximum absolute atomic E-state index is 12.1. The van der Waals surface area contributed by atoms with Gasteiger partial charge in [-0.25, -0.2) is 0 Å². The molecule has 2 amide bonds. The van der Waals surface area contributed by atoms with Crippen LogP contribution in [0.25, 0.3) is 0 Å². The van der Waals surface area contributed by atoms with E-state index in [4.69, 9.17) is 0 Å². The number of nitrogens with zero attached hydrogens (tertiary/aromatic N) is 1. The summed E-state index contributed by atoms with van der Waals surface area (Å²) in [5, 5.41) is 2.92. The number of anilines is 1. The Kier molecular flexibility index (Phi) is 5.74. The molecule has 1 aromatic rings. The molecule has 4 heteroatoms. The summed E-state index contributed by atoms with van der Waals surface area (Å²) in [7, 11) is 0. The van der Waals surface area contributed by atoms with Crippen LogP contribution in [-0.4, -0.2) is 29.8 Å². The molecule has 0 atom stereocenters. The average Bonchev–Trinajstić information content (AvgIpc) is 2.33. The van der Waals surface area contributed by atoms with E-state index in [2.05, 4.69) is 5.32 Å². The Morgan fingerprint density at radius 2 is 1.70 bits per heavy atom. The molecule has 0 heterocycles. The number of hydrogen-bond donors (Lipinski definition) is 1. The molecule has 0 aliphatic heterocycles. The number of benzene rings is 1. The number of amides is 2. The predicted molar refractivity (Wildman–Crippen MR) is 81.8 cm³/mol. The smallest absolute Gasteiger partial charge is 0.244 e. The number of rotatable bonds is 5. The van der Waals surface area contributed by atoms with Crippen molar-refractivity contribution in [3.8, 4) is 0 Å². The Balaban J connectivity index is 2.78. The molecule has 0 aliphatic rings. The highest BCUT2D eigenvalue weighted by Crippen LogP contribution is 2.21. The number of carbonyl (C=O) groups excluding carboxylic acids is 2. The zero-order valence-corrected chi connectivity index (χ0v) is 13.0. The summed E-state index contributed by atoms with van der Waals surface area (Å²) in [4.78, 5) is 25.1. The fraction of sp³-hybridized carbons (Fsp3) is 0.500. The van der Waals surface area contributed by atoms with Crippen LogP contribution in [0.1, 0.15) is 37.0 Å². The summed E-state index contributed by atoms with van der Waals surface area (Å²) in [6, 6.07) is 4.08. The van der Waals surface area contributed by atoms with Crippen LogP contribution in [-0.2, 0) is 9.59 Å². The quantitative estimate of drug-likeness (QED) is 0.899. The van der Waals surface area contributed by atoms with Gasteiger partial charge in [0.2, 0.25) is 11.8 Å². The van der Waals surface area contributed by atoms with Crippen LogP contribution in [0, 0.1) is 20.8 Å². The highest BCUT2D eigenvalue weighted by atomic mass is 16.2. The highest BCUT2D eigenvalue weighted by molar-refractivity contribution is 5.95. The fourth-order valence-electron chi connectivity index (χ4n) is 2.35. The third-order valence-electron chi connectivity index (χ3n) is 3.21. The summed E-state index contributed by atoms with van der Waals surface area (Å²) in [5.41, 5.74) is 4.11. The van der Waals surface area contributed by atoms with Crippen LogP contribution in [0.4, 0.5) is 5.69 Å². The number of carbonyl (C=O) groups is 2. The first-order valence-corrected chi connectivity index (χ1v) is 6.98. The summed E-state index contributed by atoms with van der Waals surface area (Å²) >= 11 is 0. The van der Waals surface area contributed by atoms with Crippen molar-refractivity contribution in [1.82, 2.24) is 4.90 Å². The van der Waals surface area contributed by atoms with Crippen molar-refractivity contribution >= 4 is 17.5 Å². The summed E-state index contributed by atoms with van der Waals surface area (Å²) in [5.74, 6) is -0.219. The molecule has 0 aliphatic carbocycles. The van der Waals surface area contributed by atoms with Gasteiger partial charge in [0.1, 0.15) is 0 Å². The maximum atomic E-state index is 12.1. The van der Waals surface area contributed by atoms with Crippen LogP contribution >= 0.6 is 0 Å². The molecule has 1 N–H and O–H groups in total. The summed E-state index contributed by atoms with van der Waals surface area (Å²) in [6.07, 6.45) is 0.843. The van der Waals surface area contributed by atoms with E-state index < -0.39 is 0 Å². The van der Waals surface area contributed by atoms with Gasteiger partial charge in [-0.15, -0.1) is 0 Å². The molecular weight excluding hydrogens is 252 g/mol. The molecular formula is C16H24N2O2. The minimum atomic E-state index is -0.149. The van der Waals surface area contributed by atoms with Crippen molar-refractivity contribution in [3.05, 3.63) is 28.8 Å². The van der Waals surface area contributed by atoms with E-state index in [0.717, 1.165) is 23.2 Å². The van der Waals surface area contributed by atoms with Gasteiger partial charge in [-0.05, 0) is 38.3 Å². The summed E-state index contributed by atoms with van der Waals surface area (Å²) in [6.45, 7) is 10.2. The van der Waals surface area contributed by atoms with Crippen LogP contribution < -0.4 is 5.32 Å². The largest absolute Gasteiger partial charge is 0.334 e. The zero-order chi connectivity index (χ0) is 15.3. The molecule has 1 aromatic carbocycles. The number of nitrogens with one attached hydrogen (secondary N) is 1. The molecule has 1 rings (SSSR count). The Labute approximate surface area is 121 Å². The lowest BCUT2D eigenvalue weighted by Crippen LogP contribution is -2.37. The Morgan fingerprint density at radius 1 is 1.15 bits per heavy atom. The van der Waals surface area contributed by atoms with E-state index in [9.17, 15) is 9.59 Å². The van der Waals surface area contributed by atoms with Crippen molar-refractivity contribution in [3.63, 3.8) is 0 Å². The fourth-order valence-corrected chi connectivity index (χ4v) is 2.35. The lowest BCUT2D eigenvalue weighted by molar-refractivity contribution is -0.132. The molecule has 0 fully saturated rings. The molecule has 0 bridgehead atoms. The van der Waals surface area contributed by atoms with E-state index in [1.54, 1.807) is 4.90 Å². The van der Waals surface area contributed by atoms with Gasteiger partial charge in [0.15, 0.2) is 0 Å². The zero-order valence-electron chi connectivity index (χ0n) is 13.0. The van der Waals surface area contributed by atoms with E-state index >= 15 is 0 Å². The van der Waals surface area contributed by atoms with Gasteiger partial charge in [-0.3, -0.25) is 9.59 Å². The second kappa shape index (κ2) is 7.08. The lowest BCUT2D eigenvalue weighted by Gasteiger charge is -2.20. The molecule has 0 saturated carbocycles. The molecule has 4 nitrogen and oxygen atoms in total. The molecule has 0 spiro atoms. The van der Waals surface area contributed by atoms with Crippen molar-refractivity contribution in [2.45, 2.75) is 41.0 Å². The van der Waals surface area contributed by atoms with E-state index in [1.165, 1.54) is 12.5 Å². The Hall–Kier alpha value is -1.84. The van der Waals surface area contributed by atoms with Gasteiger partial charge < -0.3 is 10.2 Å². The molecule has 0 saturated heterocycles. The SMILES string of the molecule is CCCN(CC(=O)Nc1c(C)cc(C)cc1C)C(C)=O. The Bertz CT molecular complexity index is 486. The highest BCUT2D eigenvalue weighted by Gasteiger charge is 2.14. The van der Waals surface area contributed by atoms with Gasteiger partial charge in [-0.2, -0.15) is 0 Å². The monoisotopic (exact) mass is 276 g/mol. The first-order valence-electron chi connectivity index (χ1n) is 6.98. The standard InChI is InChI=1S/C16H24N2O2/c1-6-7-18(14(5)19)10-15(20)17-16-12(3)8-11(2)9-13(16)4/h8-9H,6-7,10H2,1-5H3,(H,17,20). The van der Waals surface area contributed by atoms with Crippen molar-refractivity contribution < 1.29 is 9.59 Å². The van der Waals surface area contributed by atoms with Crippen LogP contribution in [0.15, 0.2) is 12.1 Å². The molecule has 20 heavy (non-hydrogen) atoms. The molecule has 0 unspecified atom stereocenters. The van der Waals surface area contributed by atoms with Crippen LogP contribution in [0.5, 0.6) is 0 Å². The second-order valence-electron chi connectivity index (χ2n) is 5.26. The van der Waals surface area contributed by atoms with Crippen LogP contribution in [0.2, 0.25) is 0 Å². The van der Waals surface area contributed by atoms with Crippen molar-refractivity contribution in [2.75, 3.05) is 18.4 Å². The van der Waals surface area contributed by atoms with E-state index in [1.807, 2.05) is 39.8 Å².